The zero-order chi connectivity index (χ0) is 10.7. The molecule has 0 atom stereocenters. The van der Waals surface area contributed by atoms with Gasteiger partial charge in [0.25, 0.3) is 5.69 Å². The maximum absolute atomic E-state index is 11.7. The molecule has 0 radical (unpaired) electrons. The predicted molar refractivity (Wildman–Crippen MR) is 44.1 cm³/mol. The molecular formula is C7H6F2N2O3. The summed E-state index contributed by atoms with van der Waals surface area (Å²) in [5.74, 6) is -0.205. The van der Waals surface area contributed by atoms with Gasteiger partial charge in [0.15, 0.2) is 0 Å². The Hall–Kier alpha value is -1.92. The topological polar surface area (TPSA) is 78.4 Å². The van der Waals surface area contributed by atoms with Crippen LogP contribution >= 0.6 is 0 Å². The van der Waals surface area contributed by atoms with Gasteiger partial charge in [-0.25, -0.2) is 0 Å². The number of ether oxygens (including phenoxy) is 1. The largest absolute Gasteiger partial charge is 0.435 e. The number of nitrogens with two attached hydrogens (primary N) is 1. The van der Waals surface area contributed by atoms with Crippen LogP contribution in [0, 0.1) is 10.1 Å². The third-order valence-corrected chi connectivity index (χ3v) is 1.42. The molecule has 0 bridgehead atoms. The van der Waals surface area contributed by atoms with E-state index in [0.717, 1.165) is 18.2 Å². The van der Waals surface area contributed by atoms with Crippen LogP contribution in [0.15, 0.2) is 18.2 Å². The minimum atomic E-state index is -2.98. The Kier molecular flexibility index (Phi) is 2.80. The number of alkyl halides is 2. The fourth-order valence-corrected chi connectivity index (χ4v) is 0.875. The van der Waals surface area contributed by atoms with Gasteiger partial charge in [0.1, 0.15) is 11.4 Å². The van der Waals surface area contributed by atoms with Gasteiger partial charge in [-0.1, -0.05) is 0 Å². The second kappa shape index (κ2) is 3.86. The molecule has 0 aliphatic carbocycles. The van der Waals surface area contributed by atoms with Gasteiger partial charge >= 0.3 is 6.61 Å². The van der Waals surface area contributed by atoms with E-state index >= 15 is 0 Å². The van der Waals surface area contributed by atoms with Crippen molar-refractivity contribution in [2.24, 2.45) is 0 Å². The average molecular weight is 204 g/mol. The van der Waals surface area contributed by atoms with Crippen molar-refractivity contribution >= 4 is 11.4 Å². The van der Waals surface area contributed by atoms with Crippen molar-refractivity contribution < 1.29 is 18.4 Å². The van der Waals surface area contributed by atoms with Gasteiger partial charge in [-0.05, 0) is 6.07 Å². The first-order valence-electron chi connectivity index (χ1n) is 3.49. The summed E-state index contributed by atoms with van der Waals surface area (Å²) in [7, 11) is 0. The Morgan fingerprint density at radius 3 is 2.57 bits per heavy atom. The minimum absolute atomic E-state index is 0.205. The van der Waals surface area contributed by atoms with Crippen LogP contribution in [-0.4, -0.2) is 11.5 Å². The van der Waals surface area contributed by atoms with Gasteiger partial charge in [0, 0.05) is 12.1 Å². The number of nitro groups is 1. The van der Waals surface area contributed by atoms with Crippen LogP contribution in [0.5, 0.6) is 5.75 Å². The first kappa shape index (κ1) is 10.2. The Bertz CT molecular complexity index is 357. The molecule has 0 spiro atoms. The molecule has 0 unspecified atom stereocenters. The molecule has 0 saturated heterocycles. The lowest BCUT2D eigenvalue weighted by Crippen LogP contribution is -2.03. The van der Waals surface area contributed by atoms with Gasteiger partial charge in [0.2, 0.25) is 0 Å². The molecule has 0 heterocycles. The van der Waals surface area contributed by atoms with Crippen LogP contribution in [-0.2, 0) is 0 Å². The van der Waals surface area contributed by atoms with Gasteiger partial charge in [0.05, 0.1) is 4.92 Å². The zero-order valence-corrected chi connectivity index (χ0v) is 6.81. The molecule has 0 fully saturated rings. The van der Waals surface area contributed by atoms with Crippen LogP contribution in [0.25, 0.3) is 0 Å². The molecule has 0 aliphatic heterocycles. The third kappa shape index (κ3) is 2.28. The second-order valence-corrected chi connectivity index (χ2v) is 2.36. The summed E-state index contributed by atoms with van der Waals surface area (Å²) in [6.07, 6.45) is 0. The highest BCUT2D eigenvalue weighted by Crippen LogP contribution is 2.26. The van der Waals surface area contributed by atoms with Crippen molar-refractivity contribution in [3.63, 3.8) is 0 Å². The van der Waals surface area contributed by atoms with Crippen LogP contribution in [0.3, 0.4) is 0 Å². The van der Waals surface area contributed by atoms with Crippen molar-refractivity contribution in [2.75, 3.05) is 5.73 Å². The monoisotopic (exact) mass is 204 g/mol. The molecule has 14 heavy (non-hydrogen) atoms. The Balaban J connectivity index is 2.94. The van der Waals surface area contributed by atoms with Gasteiger partial charge in [-0.2, -0.15) is 8.78 Å². The molecular weight excluding hydrogens is 198 g/mol. The van der Waals surface area contributed by atoms with Crippen LogP contribution in [0.1, 0.15) is 0 Å². The van der Waals surface area contributed by atoms with Crippen molar-refractivity contribution in [3.05, 3.63) is 28.3 Å². The highest BCUT2D eigenvalue weighted by atomic mass is 19.3. The van der Waals surface area contributed by atoms with E-state index in [1.165, 1.54) is 0 Å². The van der Waals surface area contributed by atoms with E-state index in [2.05, 4.69) is 4.74 Å². The number of hydrogen-bond acceptors (Lipinski definition) is 4. The number of benzene rings is 1. The number of nitrogens with zero attached hydrogens (tertiary/aromatic N) is 1. The first-order valence-corrected chi connectivity index (χ1v) is 3.49. The maximum Gasteiger partial charge on any atom is 0.387 e. The summed E-state index contributed by atoms with van der Waals surface area (Å²) in [5.41, 5.74) is 4.68. The van der Waals surface area contributed by atoms with Gasteiger partial charge in [-0.15, -0.1) is 0 Å². The number of nitro benzene ring substituents is 1. The summed E-state index contributed by atoms with van der Waals surface area (Å²) in [4.78, 5) is 9.58. The fraction of sp³-hybridized carbons (Fsp3) is 0.143. The molecule has 0 aromatic heterocycles. The zero-order valence-electron chi connectivity index (χ0n) is 6.81. The van der Waals surface area contributed by atoms with Gasteiger partial charge in [-0.3, -0.25) is 10.1 Å². The molecule has 76 valence electrons. The Labute approximate surface area is 77.2 Å². The highest BCUT2D eigenvalue weighted by molar-refractivity contribution is 5.60. The van der Waals surface area contributed by atoms with Crippen molar-refractivity contribution in [3.8, 4) is 5.75 Å². The van der Waals surface area contributed by atoms with Crippen LogP contribution in [0.4, 0.5) is 20.2 Å². The van der Waals surface area contributed by atoms with Gasteiger partial charge < -0.3 is 10.5 Å². The number of nitrogen functional groups attached to an aromatic ring is 1. The summed E-state index contributed by atoms with van der Waals surface area (Å²) in [6, 6.07) is 3.04. The SMILES string of the molecule is Nc1cc(OC(F)F)ccc1[N+](=O)[O-]. The Morgan fingerprint density at radius 2 is 2.14 bits per heavy atom. The molecule has 2 N–H and O–H groups in total. The highest BCUT2D eigenvalue weighted by Gasteiger charge is 2.13. The number of anilines is 1. The summed E-state index contributed by atoms with van der Waals surface area (Å²) in [6.45, 7) is -2.98. The van der Waals surface area contributed by atoms with E-state index in [1.807, 2.05) is 0 Å². The van der Waals surface area contributed by atoms with E-state index in [0.29, 0.717) is 0 Å². The number of rotatable bonds is 3. The maximum atomic E-state index is 11.7. The third-order valence-electron chi connectivity index (χ3n) is 1.42. The summed E-state index contributed by atoms with van der Waals surface area (Å²) < 4.78 is 27.4. The van der Waals surface area contributed by atoms with E-state index in [-0.39, 0.29) is 17.1 Å². The van der Waals surface area contributed by atoms with Crippen LogP contribution < -0.4 is 10.5 Å². The molecule has 0 aliphatic rings. The molecule has 7 heteroatoms. The lowest BCUT2D eigenvalue weighted by Gasteiger charge is -2.04. The van der Waals surface area contributed by atoms with E-state index in [9.17, 15) is 18.9 Å². The summed E-state index contributed by atoms with van der Waals surface area (Å²) >= 11 is 0. The van der Waals surface area contributed by atoms with E-state index in [1.54, 1.807) is 0 Å². The molecule has 1 aromatic rings. The molecule has 0 saturated carbocycles. The first-order chi connectivity index (χ1) is 6.50. The van der Waals surface area contributed by atoms with Crippen LogP contribution in [0.2, 0.25) is 0 Å². The van der Waals surface area contributed by atoms with Crippen molar-refractivity contribution in [1.29, 1.82) is 0 Å². The quantitative estimate of drug-likeness (QED) is 0.462. The molecule has 5 nitrogen and oxygen atoms in total. The Morgan fingerprint density at radius 1 is 1.50 bits per heavy atom. The minimum Gasteiger partial charge on any atom is -0.435 e. The van der Waals surface area contributed by atoms with Crippen molar-refractivity contribution in [2.45, 2.75) is 6.61 Å². The van der Waals surface area contributed by atoms with Crippen molar-refractivity contribution in [1.82, 2.24) is 0 Å². The smallest absolute Gasteiger partial charge is 0.387 e. The molecule has 0 amide bonds. The fourth-order valence-electron chi connectivity index (χ4n) is 0.875. The van der Waals surface area contributed by atoms with E-state index in [4.69, 9.17) is 5.73 Å². The number of hydrogen-bond donors (Lipinski definition) is 1. The van der Waals surface area contributed by atoms with E-state index < -0.39 is 11.5 Å². The second-order valence-electron chi connectivity index (χ2n) is 2.36. The number of halogens is 2. The molecule has 1 rings (SSSR count). The predicted octanol–water partition coefficient (Wildman–Crippen LogP) is 1.78. The average Bonchev–Trinajstić information content (AvgIpc) is 2.01. The summed E-state index contributed by atoms with van der Waals surface area (Å²) in [5, 5.41) is 10.3. The standard InChI is InChI=1S/C7H6F2N2O3/c8-7(9)14-4-1-2-6(11(12)13)5(10)3-4/h1-3,7H,10H2. The lowest BCUT2D eigenvalue weighted by atomic mass is 10.2. The molecule has 1 aromatic carbocycles. The lowest BCUT2D eigenvalue weighted by molar-refractivity contribution is -0.383. The normalized spacial score (nSPS) is 10.2.